The summed E-state index contributed by atoms with van der Waals surface area (Å²) >= 11 is 0. The predicted molar refractivity (Wildman–Crippen MR) is 124 cm³/mol. The number of ether oxygens (including phenoxy) is 1. The van der Waals surface area contributed by atoms with Crippen molar-refractivity contribution in [2.24, 2.45) is 5.73 Å². The highest BCUT2D eigenvalue weighted by Crippen LogP contribution is 2.13. The molecule has 0 unspecified atom stereocenters. The second-order valence-corrected chi connectivity index (χ2v) is 6.66. The molecule has 0 aliphatic heterocycles. The molecule has 1 heterocycles. The van der Waals surface area contributed by atoms with Gasteiger partial charge in [0.15, 0.2) is 0 Å². The SMILES string of the molecule is CCOCc1cccc(NC(=O)[C@@H](N)Cc2cn(Cc3ccccc3)cn2)c1.Cl.Cl. The van der Waals surface area contributed by atoms with Crippen LogP contribution in [0.25, 0.3) is 0 Å². The molecule has 1 atom stereocenters. The summed E-state index contributed by atoms with van der Waals surface area (Å²) in [6, 6.07) is 17.1. The van der Waals surface area contributed by atoms with Crippen LogP contribution in [0.3, 0.4) is 0 Å². The highest BCUT2D eigenvalue weighted by atomic mass is 35.5. The zero-order chi connectivity index (χ0) is 19.8. The van der Waals surface area contributed by atoms with E-state index in [0.717, 1.165) is 17.8 Å². The zero-order valence-electron chi connectivity index (χ0n) is 16.9. The van der Waals surface area contributed by atoms with Gasteiger partial charge in [-0.05, 0) is 30.2 Å². The first-order valence-electron chi connectivity index (χ1n) is 9.41. The first-order chi connectivity index (χ1) is 13.6. The van der Waals surface area contributed by atoms with Crippen molar-refractivity contribution in [2.75, 3.05) is 11.9 Å². The van der Waals surface area contributed by atoms with Gasteiger partial charge in [-0.3, -0.25) is 4.79 Å². The van der Waals surface area contributed by atoms with Gasteiger partial charge in [-0.1, -0.05) is 42.5 Å². The highest BCUT2D eigenvalue weighted by molar-refractivity contribution is 5.94. The Morgan fingerprint density at radius 3 is 2.60 bits per heavy atom. The summed E-state index contributed by atoms with van der Waals surface area (Å²) in [7, 11) is 0. The van der Waals surface area contributed by atoms with Crippen molar-refractivity contribution < 1.29 is 9.53 Å². The Labute approximate surface area is 189 Å². The summed E-state index contributed by atoms with van der Waals surface area (Å²) in [5, 5.41) is 2.87. The van der Waals surface area contributed by atoms with Crippen LogP contribution in [-0.4, -0.2) is 28.1 Å². The number of benzene rings is 2. The summed E-state index contributed by atoms with van der Waals surface area (Å²) < 4.78 is 7.40. The first kappa shape index (κ1) is 25.7. The van der Waals surface area contributed by atoms with Gasteiger partial charge in [0, 0.05) is 31.5 Å². The van der Waals surface area contributed by atoms with Crippen molar-refractivity contribution in [1.82, 2.24) is 9.55 Å². The lowest BCUT2D eigenvalue weighted by Gasteiger charge is -2.12. The van der Waals surface area contributed by atoms with Crippen LogP contribution < -0.4 is 11.1 Å². The van der Waals surface area contributed by atoms with Gasteiger partial charge in [0.2, 0.25) is 5.91 Å². The van der Waals surface area contributed by atoms with Crippen LogP contribution >= 0.6 is 24.8 Å². The normalized spacial score (nSPS) is 11.1. The average Bonchev–Trinajstić information content (AvgIpc) is 3.14. The maximum atomic E-state index is 12.4. The lowest BCUT2D eigenvalue weighted by Crippen LogP contribution is -2.37. The Bertz CT molecular complexity index is 903. The number of carbonyl (C=O) groups is 1. The third kappa shape index (κ3) is 7.80. The minimum Gasteiger partial charge on any atom is -0.377 e. The fraction of sp³-hybridized carbons (Fsp3) is 0.273. The lowest BCUT2D eigenvalue weighted by molar-refractivity contribution is -0.117. The van der Waals surface area contributed by atoms with Crippen molar-refractivity contribution in [3.63, 3.8) is 0 Å². The van der Waals surface area contributed by atoms with Gasteiger partial charge < -0.3 is 20.4 Å². The molecule has 0 saturated heterocycles. The minimum absolute atomic E-state index is 0. The molecule has 0 aliphatic carbocycles. The highest BCUT2D eigenvalue weighted by Gasteiger charge is 2.16. The molecule has 1 aromatic heterocycles. The number of rotatable bonds is 9. The van der Waals surface area contributed by atoms with Gasteiger partial charge in [0.05, 0.1) is 24.7 Å². The Hall–Kier alpha value is -2.38. The number of hydrogen-bond acceptors (Lipinski definition) is 4. The number of halogens is 2. The second-order valence-electron chi connectivity index (χ2n) is 6.66. The van der Waals surface area contributed by atoms with Crippen LogP contribution in [-0.2, 0) is 29.1 Å². The molecule has 6 nitrogen and oxygen atoms in total. The molecule has 0 bridgehead atoms. The third-order valence-corrected chi connectivity index (χ3v) is 4.33. The summed E-state index contributed by atoms with van der Waals surface area (Å²) in [6.07, 6.45) is 4.08. The van der Waals surface area contributed by atoms with E-state index >= 15 is 0 Å². The van der Waals surface area contributed by atoms with Gasteiger partial charge in [0.25, 0.3) is 0 Å². The molecule has 162 valence electrons. The lowest BCUT2D eigenvalue weighted by atomic mass is 10.1. The number of amides is 1. The third-order valence-electron chi connectivity index (χ3n) is 4.33. The molecule has 3 aromatic rings. The number of nitrogens with one attached hydrogen (secondary N) is 1. The fourth-order valence-electron chi connectivity index (χ4n) is 2.90. The standard InChI is InChI=1S/C22H26N4O2.2ClH/c1-2-28-15-18-9-6-10-19(11-18)25-22(27)21(23)12-20-14-26(16-24-20)13-17-7-4-3-5-8-17;;/h3-11,14,16,21H,2,12-13,15,23H2,1H3,(H,25,27);2*1H/t21-;;/m0../s1. The van der Waals surface area contributed by atoms with Crippen LogP contribution in [0.4, 0.5) is 5.69 Å². The smallest absolute Gasteiger partial charge is 0.241 e. The number of nitrogens with two attached hydrogens (primary N) is 1. The van der Waals surface area contributed by atoms with Gasteiger partial charge in [-0.15, -0.1) is 24.8 Å². The van der Waals surface area contributed by atoms with E-state index in [-0.39, 0.29) is 30.7 Å². The van der Waals surface area contributed by atoms with Crippen LogP contribution in [0.5, 0.6) is 0 Å². The fourth-order valence-corrected chi connectivity index (χ4v) is 2.90. The van der Waals surface area contributed by atoms with E-state index in [1.807, 2.05) is 60.2 Å². The number of anilines is 1. The largest absolute Gasteiger partial charge is 0.377 e. The molecule has 0 spiro atoms. The maximum Gasteiger partial charge on any atom is 0.241 e. The monoisotopic (exact) mass is 450 g/mol. The van der Waals surface area contributed by atoms with E-state index in [1.165, 1.54) is 5.56 Å². The van der Waals surface area contributed by atoms with E-state index in [4.69, 9.17) is 10.5 Å². The first-order valence-corrected chi connectivity index (χ1v) is 9.41. The summed E-state index contributed by atoms with van der Waals surface area (Å²) in [4.78, 5) is 16.8. The molecule has 30 heavy (non-hydrogen) atoms. The molecular weight excluding hydrogens is 423 g/mol. The quantitative estimate of drug-likeness (QED) is 0.518. The maximum absolute atomic E-state index is 12.4. The molecular formula is C22H28Cl2N4O2. The van der Waals surface area contributed by atoms with Gasteiger partial charge in [0.1, 0.15) is 0 Å². The van der Waals surface area contributed by atoms with Crippen molar-refractivity contribution >= 4 is 36.4 Å². The minimum atomic E-state index is -0.671. The van der Waals surface area contributed by atoms with Crippen molar-refractivity contribution in [3.8, 4) is 0 Å². The summed E-state index contributed by atoms with van der Waals surface area (Å²) in [5.74, 6) is -0.230. The summed E-state index contributed by atoms with van der Waals surface area (Å²) in [5.41, 5.74) is 9.80. The van der Waals surface area contributed by atoms with Crippen molar-refractivity contribution in [2.45, 2.75) is 32.5 Å². The molecule has 0 radical (unpaired) electrons. The van der Waals surface area contributed by atoms with Crippen molar-refractivity contribution in [3.05, 3.63) is 83.9 Å². The van der Waals surface area contributed by atoms with Crippen LogP contribution in [0, 0.1) is 0 Å². The molecule has 3 N–H and O–H groups in total. The van der Waals surface area contributed by atoms with E-state index in [2.05, 4.69) is 22.4 Å². The van der Waals surface area contributed by atoms with Crippen molar-refractivity contribution in [1.29, 1.82) is 0 Å². The Morgan fingerprint density at radius 2 is 1.87 bits per heavy atom. The average molecular weight is 451 g/mol. The molecule has 8 heteroatoms. The molecule has 0 aliphatic rings. The van der Waals surface area contributed by atoms with Crippen LogP contribution in [0.15, 0.2) is 67.1 Å². The van der Waals surface area contributed by atoms with Gasteiger partial charge in [-0.2, -0.15) is 0 Å². The van der Waals surface area contributed by atoms with Gasteiger partial charge in [-0.25, -0.2) is 4.98 Å². The second kappa shape index (κ2) is 13.0. The Kier molecular flexibility index (Phi) is 11.1. The van der Waals surface area contributed by atoms with Crippen LogP contribution in [0.1, 0.15) is 23.7 Å². The number of nitrogens with zero attached hydrogens (tertiary/aromatic N) is 2. The van der Waals surface area contributed by atoms with E-state index < -0.39 is 6.04 Å². The number of aromatic nitrogens is 2. The molecule has 3 rings (SSSR count). The zero-order valence-corrected chi connectivity index (χ0v) is 18.5. The molecule has 0 saturated carbocycles. The number of imidazole rings is 1. The van der Waals surface area contributed by atoms with E-state index in [1.54, 1.807) is 6.33 Å². The molecule has 1 amide bonds. The van der Waals surface area contributed by atoms with Gasteiger partial charge >= 0.3 is 0 Å². The number of hydrogen-bond donors (Lipinski definition) is 2. The predicted octanol–water partition coefficient (Wildman–Crippen LogP) is 3.82. The topological polar surface area (TPSA) is 82.2 Å². The summed E-state index contributed by atoms with van der Waals surface area (Å²) in [6.45, 7) is 3.86. The van der Waals surface area contributed by atoms with E-state index in [9.17, 15) is 4.79 Å². The van der Waals surface area contributed by atoms with E-state index in [0.29, 0.717) is 25.3 Å². The number of carbonyl (C=O) groups excluding carboxylic acids is 1. The Balaban J connectivity index is 0.00000225. The molecule has 0 fully saturated rings. The Morgan fingerprint density at radius 1 is 1.13 bits per heavy atom. The van der Waals surface area contributed by atoms with Crippen LogP contribution in [0.2, 0.25) is 0 Å². The molecule has 2 aromatic carbocycles.